The van der Waals surface area contributed by atoms with Crippen molar-refractivity contribution < 1.29 is 14.3 Å². The highest BCUT2D eigenvalue weighted by Crippen LogP contribution is 2.30. The van der Waals surface area contributed by atoms with Crippen molar-refractivity contribution in [2.24, 2.45) is 0 Å². The van der Waals surface area contributed by atoms with Crippen LogP contribution in [0.2, 0.25) is 0 Å². The standard InChI is InChI=1S/C16H12O3/c1-10-6-7-12(13(8-10)16(17)18)15-9-11-4-2-3-5-14(11)19-15/h2-9H,1H3,(H,17,18). The van der Waals surface area contributed by atoms with E-state index in [1.54, 1.807) is 12.1 Å². The van der Waals surface area contributed by atoms with Gasteiger partial charge in [-0.1, -0.05) is 35.9 Å². The number of carboxylic acid groups (broad SMARTS) is 1. The van der Waals surface area contributed by atoms with Crippen LogP contribution in [0, 0.1) is 6.92 Å². The van der Waals surface area contributed by atoms with Gasteiger partial charge in [0.05, 0.1) is 5.56 Å². The smallest absolute Gasteiger partial charge is 0.336 e. The maximum absolute atomic E-state index is 11.3. The summed E-state index contributed by atoms with van der Waals surface area (Å²) < 4.78 is 5.72. The summed E-state index contributed by atoms with van der Waals surface area (Å²) in [5.41, 5.74) is 2.54. The predicted molar refractivity (Wildman–Crippen MR) is 73.3 cm³/mol. The van der Waals surface area contributed by atoms with Gasteiger partial charge in [0.15, 0.2) is 0 Å². The summed E-state index contributed by atoms with van der Waals surface area (Å²) in [6.45, 7) is 1.87. The maximum atomic E-state index is 11.3. The fourth-order valence-electron chi connectivity index (χ4n) is 2.16. The van der Waals surface area contributed by atoms with Gasteiger partial charge in [-0.25, -0.2) is 4.79 Å². The van der Waals surface area contributed by atoms with Crippen LogP contribution < -0.4 is 0 Å². The number of para-hydroxylation sites is 1. The quantitative estimate of drug-likeness (QED) is 0.746. The zero-order valence-electron chi connectivity index (χ0n) is 10.4. The highest BCUT2D eigenvalue weighted by Gasteiger charge is 2.15. The minimum Gasteiger partial charge on any atom is -0.478 e. The van der Waals surface area contributed by atoms with E-state index in [4.69, 9.17) is 4.42 Å². The molecule has 3 nitrogen and oxygen atoms in total. The molecule has 1 N–H and O–H groups in total. The van der Waals surface area contributed by atoms with Crippen molar-refractivity contribution in [3.63, 3.8) is 0 Å². The summed E-state index contributed by atoms with van der Waals surface area (Å²) in [6, 6.07) is 14.8. The van der Waals surface area contributed by atoms with E-state index in [2.05, 4.69) is 0 Å². The molecule has 0 saturated heterocycles. The van der Waals surface area contributed by atoms with Gasteiger partial charge in [0.25, 0.3) is 0 Å². The normalized spacial score (nSPS) is 10.8. The molecule has 0 radical (unpaired) electrons. The number of carboxylic acids is 1. The first-order valence-electron chi connectivity index (χ1n) is 5.98. The molecule has 0 spiro atoms. The second-order valence-electron chi connectivity index (χ2n) is 4.50. The van der Waals surface area contributed by atoms with Crippen LogP contribution in [0.3, 0.4) is 0 Å². The number of hydrogen-bond donors (Lipinski definition) is 1. The molecule has 94 valence electrons. The first-order valence-corrected chi connectivity index (χ1v) is 5.98. The van der Waals surface area contributed by atoms with Crippen LogP contribution in [-0.2, 0) is 0 Å². The summed E-state index contributed by atoms with van der Waals surface area (Å²) >= 11 is 0. The van der Waals surface area contributed by atoms with Crippen molar-refractivity contribution >= 4 is 16.9 Å². The SMILES string of the molecule is Cc1ccc(-c2cc3ccccc3o2)c(C(=O)O)c1. The van der Waals surface area contributed by atoms with Crippen LogP contribution in [0.5, 0.6) is 0 Å². The Morgan fingerprint density at radius 1 is 1.11 bits per heavy atom. The summed E-state index contributed by atoms with van der Waals surface area (Å²) in [6.07, 6.45) is 0. The largest absolute Gasteiger partial charge is 0.478 e. The Labute approximate surface area is 110 Å². The van der Waals surface area contributed by atoms with Crippen molar-refractivity contribution in [2.75, 3.05) is 0 Å². The Bertz CT molecular complexity index is 736. The third kappa shape index (κ3) is 1.99. The van der Waals surface area contributed by atoms with Crippen LogP contribution >= 0.6 is 0 Å². The van der Waals surface area contributed by atoms with E-state index in [9.17, 15) is 9.90 Å². The fourth-order valence-corrected chi connectivity index (χ4v) is 2.16. The van der Waals surface area contributed by atoms with Gasteiger partial charge in [-0.15, -0.1) is 0 Å². The number of fused-ring (bicyclic) bond motifs is 1. The molecule has 0 atom stereocenters. The molecule has 1 heterocycles. The minimum absolute atomic E-state index is 0.263. The van der Waals surface area contributed by atoms with Crippen LogP contribution in [0.15, 0.2) is 52.9 Å². The van der Waals surface area contributed by atoms with Crippen molar-refractivity contribution in [3.8, 4) is 11.3 Å². The monoisotopic (exact) mass is 252 g/mol. The highest BCUT2D eigenvalue weighted by molar-refractivity contribution is 5.96. The maximum Gasteiger partial charge on any atom is 0.336 e. The van der Waals surface area contributed by atoms with E-state index in [0.717, 1.165) is 16.5 Å². The fraction of sp³-hybridized carbons (Fsp3) is 0.0625. The van der Waals surface area contributed by atoms with Gasteiger partial charge in [-0.05, 0) is 25.1 Å². The van der Waals surface area contributed by atoms with Crippen LogP contribution in [0.1, 0.15) is 15.9 Å². The van der Waals surface area contributed by atoms with Gasteiger partial charge in [0.1, 0.15) is 11.3 Å². The van der Waals surface area contributed by atoms with Crippen molar-refractivity contribution in [2.45, 2.75) is 6.92 Å². The molecule has 0 aliphatic heterocycles. The molecular weight excluding hydrogens is 240 g/mol. The summed E-state index contributed by atoms with van der Waals surface area (Å²) in [5, 5.41) is 10.3. The summed E-state index contributed by atoms with van der Waals surface area (Å²) in [4.78, 5) is 11.3. The molecule has 0 aliphatic rings. The molecule has 0 aliphatic carbocycles. The lowest BCUT2D eigenvalue weighted by Crippen LogP contribution is -1.99. The van der Waals surface area contributed by atoms with E-state index in [1.807, 2.05) is 43.3 Å². The third-order valence-electron chi connectivity index (χ3n) is 3.10. The Morgan fingerprint density at radius 2 is 1.89 bits per heavy atom. The van der Waals surface area contributed by atoms with E-state index in [-0.39, 0.29) is 5.56 Å². The second-order valence-corrected chi connectivity index (χ2v) is 4.50. The minimum atomic E-state index is -0.945. The molecule has 0 bridgehead atoms. The van der Waals surface area contributed by atoms with E-state index in [0.29, 0.717) is 11.3 Å². The molecule has 3 rings (SSSR count). The van der Waals surface area contributed by atoms with Crippen LogP contribution in [0.4, 0.5) is 0 Å². The molecule has 2 aromatic carbocycles. The highest BCUT2D eigenvalue weighted by atomic mass is 16.4. The lowest BCUT2D eigenvalue weighted by molar-refractivity contribution is 0.0697. The zero-order chi connectivity index (χ0) is 13.4. The lowest BCUT2D eigenvalue weighted by atomic mass is 10.0. The van der Waals surface area contributed by atoms with Gasteiger partial charge in [-0.3, -0.25) is 0 Å². The van der Waals surface area contributed by atoms with Gasteiger partial charge < -0.3 is 9.52 Å². The second kappa shape index (κ2) is 4.28. The first kappa shape index (κ1) is 11.5. The lowest BCUT2D eigenvalue weighted by Gasteiger charge is -2.04. The van der Waals surface area contributed by atoms with Gasteiger partial charge in [-0.2, -0.15) is 0 Å². The zero-order valence-corrected chi connectivity index (χ0v) is 10.4. The molecule has 0 saturated carbocycles. The van der Waals surface area contributed by atoms with E-state index < -0.39 is 5.97 Å². The molecular formula is C16H12O3. The molecule has 19 heavy (non-hydrogen) atoms. The van der Waals surface area contributed by atoms with Crippen molar-refractivity contribution in [1.29, 1.82) is 0 Å². The predicted octanol–water partition coefficient (Wildman–Crippen LogP) is 4.11. The molecule has 0 fully saturated rings. The topological polar surface area (TPSA) is 50.4 Å². The van der Waals surface area contributed by atoms with E-state index in [1.165, 1.54) is 0 Å². The number of hydrogen-bond acceptors (Lipinski definition) is 2. The van der Waals surface area contributed by atoms with Crippen molar-refractivity contribution in [1.82, 2.24) is 0 Å². The average Bonchev–Trinajstić information content (AvgIpc) is 2.82. The van der Waals surface area contributed by atoms with Gasteiger partial charge in [0, 0.05) is 10.9 Å². The molecule has 1 aromatic heterocycles. The number of carbonyl (C=O) groups is 1. The van der Waals surface area contributed by atoms with E-state index >= 15 is 0 Å². The number of furan rings is 1. The van der Waals surface area contributed by atoms with Gasteiger partial charge in [0.2, 0.25) is 0 Å². The summed E-state index contributed by atoms with van der Waals surface area (Å²) in [5.74, 6) is -0.363. The van der Waals surface area contributed by atoms with Crippen molar-refractivity contribution in [3.05, 3.63) is 59.7 Å². The Hall–Kier alpha value is -2.55. The van der Waals surface area contributed by atoms with Crippen LogP contribution in [0.25, 0.3) is 22.3 Å². The number of benzene rings is 2. The molecule has 3 aromatic rings. The number of aromatic carboxylic acids is 1. The number of aryl methyl sites for hydroxylation is 1. The molecule has 0 amide bonds. The molecule has 3 heteroatoms. The third-order valence-corrected chi connectivity index (χ3v) is 3.10. The Morgan fingerprint density at radius 3 is 2.63 bits per heavy atom. The first-order chi connectivity index (χ1) is 9.15. The van der Waals surface area contributed by atoms with Gasteiger partial charge >= 0.3 is 5.97 Å². The van der Waals surface area contributed by atoms with Crippen LogP contribution in [-0.4, -0.2) is 11.1 Å². The summed E-state index contributed by atoms with van der Waals surface area (Å²) in [7, 11) is 0. The Balaban J connectivity index is 2.23. The Kier molecular flexibility index (Phi) is 2.60. The molecule has 0 unspecified atom stereocenters. The number of rotatable bonds is 2. The average molecular weight is 252 g/mol.